The Labute approximate surface area is 220 Å². The minimum Gasteiger partial charge on any atom is -0.478 e. The molecule has 3 atom stereocenters. The van der Waals surface area contributed by atoms with Crippen molar-refractivity contribution in [3.05, 3.63) is 118 Å². The lowest BCUT2D eigenvalue weighted by Crippen LogP contribution is -2.24. The van der Waals surface area contributed by atoms with E-state index in [0.717, 1.165) is 43.4 Å². The summed E-state index contributed by atoms with van der Waals surface area (Å²) in [7, 11) is 0. The van der Waals surface area contributed by atoms with Crippen molar-refractivity contribution in [3.8, 4) is 0 Å². The number of hydrogen-bond donors (Lipinski definition) is 2. The third kappa shape index (κ3) is 5.19. The van der Waals surface area contributed by atoms with Gasteiger partial charge in [-0.3, -0.25) is 0 Å². The zero-order valence-corrected chi connectivity index (χ0v) is 22.1. The largest absolute Gasteiger partial charge is 0.478 e. The van der Waals surface area contributed by atoms with Crippen molar-refractivity contribution >= 4 is 16.7 Å². The van der Waals surface area contributed by atoms with Crippen LogP contribution in [0.1, 0.15) is 81.9 Å². The number of aromatic carboxylic acids is 1. The molecule has 2 N–H and O–H groups in total. The topological polar surface area (TPSA) is 49.3 Å². The highest BCUT2D eigenvalue weighted by molar-refractivity contribution is 5.91. The zero-order valence-electron chi connectivity index (χ0n) is 22.1. The van der Waals surface area contributed by atoms with Gasteiger partial charge in [0.05, 0.1) is 5.56 Å². The Bertz CT molecular complexity index is 1420. The molecule has 0 aliphatic heterocycles. The Hall–Kier alpha value is -3.43. The first-order valence-electron chi connectivity index (χ1n) is 13.6. The van der Waals surface area contributed by atoms with Crippen LogP contribution < -0.4 is 5.32 Å². The number of carbonyl (C=O) groups is 1. The lowest BCUT2D eigenvalue weighted by molar-refractivity contribution is 0.0695. The minimum absolute atomic E-state index is 0.246. The summed E-state index contributed by atoms with van der Waals surface area (Å²) in [6.07, 6.45) is 4.46. The molecule has 37 heavy (non-hydrogen) atoms. The van der Waals surface area contributed by atoms with E-state index in [0.29, 0.717) is 17.5 Å². The van der Waals surface area contributed by atoms with Crippen LogP contribution in [-0.2, 0) is 6.42 Å². The smallest absolute Gasteiger partial charge is 0.336 e. The van der Waals surface area contributed by atoms with Crippen molar-refractivity contribution in [2.75, 3.05) is 6.54 Å². The van der Waals surface area contributed by atoms with E-state index in [1.165, 1.54) is 33.0 Å². The number of hydrogen-bond acceptors (Lipinski definition) is 2. The molecule has 3 heteroatoms. The molecule has 3 nitrogen and oxygen atoms in total. The molecule has 0 aromatic heterocycles. The Morgan fingerprint density at radius 1 is 0.946 bits per heavy atom. The maximum Gasteiger partial charge on any atom is 0.336 e. The molecule has 0 radical (unpaired) electrons. The predicted molar refractivity (Wildman–Crippen MR) is 153 cm³/mol. The van der Waals surface area contributed by atoms with Crippen LogP contribution in [-0.4, -0.2) is 17.6 Å². The van der Waals surface area contributed by atoms with Crippen molar-refractivity contribution in [2.45, 2.75) is 58.4 Å². The van der Waals surface area contributed by atoms with Gasteiger partial charge in [0.1, 0.15) is 0 Å². The second-order valence-corrected chi connectivity index (χ2v) is 10.7. The molecule has 0 spiro atoms. The van der Waals surface area contributed by atoms with Crippen LogP contribution in [0.3, 0.4) is 0 Å². The summed E-state index contributed by atoms with van der Waals surface area (Å²) in [4.78, 5) is 12.0. The molecule has 190 valence electrons. The minimum atomic E-state index is -0.830. The van der Waals surface area contributed by atoms with Gasteiger partial charge in [0.2, 0.25) is 0 Å². The van der Waals surface area contributed by atoms with Gasteiger partial charge in [0.25, 0.3) is 0 Å². The Morgan fingerprint density at radius 2 is 1.70 bits per heavy atom. The van der Waals surface area contributed by atoms with Gasteiger partial charge in [0, 0.05) is 12.0 Å². The van der Waals surface area contributed by atoms with Crippen molar-refractivity contribution in [3.63, 3.8) is 0 Å². The van der Waals surface area contributed by atoms with Gasteiger partial charge in [-0.25, -0.2) is 4.79 Å². The highest BCUT2D eigenvalue weighted by Crippen LogP contribution is 2.42. The van der Waals surface area contributed by atoms with Crippen LogP contribution >= 0.6 is 0 Å². The quantitative estimate of drug-likeness (QED) is 0.246. The lowest BCUT2D eigenvalue weighted by Gasteiger charge is -2.33. The first-order valence-corrected chi connectivity index (χ1v) is 13.6. The van der Waals surface area contributed by atoms with Crippen LogP contribution in [0.25, 0.3) is 10.8 Å². The molecule has 1 aliphatic carbocycles. The molecular formula is C34H37NO2. The summed E-state index contributed by atoms with van der Waals surface area (Å²) < 4.78 is 0. The van der Waals surface area contributed by atoms with E-state index in [-0.39, 0.29) is 5.92 Å². The van der Waals surface area contributed by atoms with Crippen molar-refractivity contribution in [2.24, 2.45) is 5.92 Å². The lowest BCUT2D eigenvalue weighted by atomic mass is 9.71. The summed E-state index contributed by atoms with van der Waals surface area (Å²) in [5.74, 6) is 0.00337. The van der Waals surface area contributed by atoms with Crippen molar-refractivity contribution in [1.82, 2.24) is 5.32 Å². The highest BCUT2D eigenvalue weighted by Gasteiger charge is 2.30. The molecule has 4 aromatic carbocycles. The van der Waals surface area contributed by atoms with Gasteiger partial charge in [-0.05, 0) is 103 Å². The third-order valence-corrected chi connectivity index (χ3v) is 8.34. The normalized spacial score (nSPS) is 17.9. The van der Waals surface area contributed by atoms with E-state index in [4.69, 9.17) is 0 Å². The molecule has 0 saturated carbocycles. The summed E-state index contributed by atoms with van der Waals surface area (Å²) in [5.41, 5.74) is 7.52. The molecule has 1 aliphatic rings. The van der Waals surface area contributed by atoms with E-state index in [9.17, 15) is 9.90 Å². The maximum absolute atomic E-state index is 12.0. The van der Waals surface area contributed by atoms with E-state index in [1.807, 2.05) is 19.9 Å². The van der Waals surface area contributed by atoms with Crippen molar-refractivity contribution in [1.29, 1.82) is 0 Å². The summed E-state index contributed by atoms with van der Waals surface area (Å²) in [5, 5.41) is 16.2. The van der Waals surface area contributed by atoms with Gasteiger partial charge >= 0.3 is 5.97 Å². The van der Waals surface area contributed by atoms with Crippen molar-refractivity contribution < 1.29 is 9.90 Å². The van der Waals surface area contributed by atoms with Crippen LogP contribution in [0.4, 0.5) is 0 Å². The molecule has 5 rings (SSSR count). The highest BCUT2D eigenvalue weighted by atomic mass is 16.4. The number of carboxylic acid groups (broad SMARTS) is 1. The first-order chi connectivity index (χ1) is 17.9. The number of carboxylic acids is 1. The average Bonchev–Trinajstić information content (AvgIpc) is 2.90. The van der Waals surface area contributed by atoms with E-state index >= 15 is 0 Å². The van der Waals surface area contributed by atoms with Crippen LogP contribution in [0.5, 0.6) is 0 Å². The van der Waals surface area contributed by atoms with Crippen LogP contribution in [0, 0.1) is 19.8 Å². The third-order valence-electron chi connectivity index (χ3n) is 8.34. The zero-order chi connectivity index (χ0) is 25.9. The van der Waals surface area contributed by atoms with Gasteiger partial charge < -0.3 is 10.4 Å². The fraction of sp³-hybridized carbons (Fsp3) is 0.324. The summed E-state index contributed by atoms with van der Waals surface area (Å²) >= 11 is 0. The molecular weight excluding hydrogens is 454 g/mol. The Balaban J connectivity index is 1.28. The maximum atomic E-state index is 12.0. The number of rotatable bonds is 8. The average molecular weight is 492 g/mol. The second kappa shape index (κ2) is 10.9. The van der Waals surface area contributed by atoms with Crippen LogP contribution in [0.15, 0.2) is 78.9 Å². The fourth-order valence-corrected chi connectivity index (χ4v) is 6.45. The van der Waals surface area contributed by atoms with Crippen LogP contribution in [0.2, 0.25) is 0 Å². The molecule has 0 fully saturated rings. The summed E-state index contributed by atoms with van der Waals surface area (Å²) in [6.45, 7) is 7.12. The Morgan fingerprint density at radius 3 is 2.54 bits per heavy atom. The van der Waals surface area contributed by atoms with E-state index in [2.05, 4.69) is 85.0 Å². The molecule has 0 amide bonds. The predicted octanol–water partition coefficient (Wildman–Crippen LogP) is 7.98. The number of aryl methyl sites for hydroxylation is 1. The number of fused-ring (bicyclic) bond motifs is 2. The second-order valence-electron chi connectivity index (χ2n) is 10.7. The standard InChI is InChI=1S/C34H37NO2/c1-22-17-18-28(23(2)33(22)34(36)37)32-21-25(20-27-12-5-7-15-31(27)32)10-9-19-35-24(3)29-16-8-13-26-11-4-6-14-30(26)29/h4-8,11-18,24-25,32,35H,9-10,19-21H2,1-3H3,(H,36,37)/t24-,25?,32?/m1/s1. The molecule has 0 saturated heterocycles. The molecule has 0 bridgehead atoms. The van der Waals surface area contributed by atoms with Gasteiger partial charge in [-0.2, -0.15) is 0 Å². The molecule has 0 heterocycles. The number of nitrogens with one attached hydrogen (secondary N) is 1. The van der Waals surface area contributed by atoms with Gasteiger partial charge in [0.15, 0.2) is 0 Å². The monoisotopic (exact) mass is 491 g/mol. The first kappa shape index (κ1) is 25.2. The molecule has 4 aromatic rings. The Kier molecular flexibility index (Phi) is 7.43. The summed E-state index contributed by atoms with van der Waals surface area (Å²) in [6, 6.07) is 28.4. The van der Waals surface area contributed by atoms with Gasteiger partial charge in [-0.1, -0.05) is 78.9 Å². The van der Waals surface area contributed by atoms with E-state index in [1.54, 1.807) is 0 Å². The fourth-order valence-electron chi connectivity index (χ4n) is 6.45. The number of benzene rings is 4. The van der Waals surface area contributed by atoms with Gasteiger partial charge in [-0.15, -0.1) is 0 Å². The van der Waals surface area contributed by atoms with E-state index < -0.39 is 5.97 Å². The SMILES string of the molecule is Cc1ccc(C2CC(CCCN[C@H](C)c3cccc4ccccc34)Cc3ccccc32)c(C)c1C(=O)O. The molecule has 2 unspecified atom stereocenters.